The van der Waals surface area contributed by atoms with Gasteiger partial charge in [0.15, 0.2) is 5.89 Å². The monoisotopic (exact) mass is 239 g/mol. The molecule has 2 heterocycles. The standard InChI is InChI=1S/C11H17N3O3/c1-8-13-9(7-17-8)5-14-3-4-16-10(6-14)11(15)12-2/h7,10H,3-6H2,1-2H3,(H,12,15). The zero-order chi connectivity index (χ0) is 12.3. The molecule has 17 heavy (non-hydrogen) atoms. The summed E-state index contributed by atoms with van der Waals surface area (Å²) in [6.07, 6.45) is 1.27. The van der Waals surface area contributed by atoms with Crippen LogP contribution in [0, 0.1) is 6.92 Å². The Balaban J connectivity index is 1.91. The lowest BCUT2D eigenvalue weighted by Crippen LogP contribution is -2.48. The zero-order valence-corrected chi connectivity index (χ0v) is 10.1. The molecule has 1 fully saturated rings. The van der Waals surface area contributed by atoms with Crippen LogP contribution >= 0.6 is 0 Å². The first kappa shape index (κ1) is 12.1. The van der Waals surface area contributed by atoms with E-state index in [0.29, 0.717) is 25.6 Å². The minimum atomic E-state index is -0.387. The lowest BCUT2D eigenvalue weighted by molar-refractivity contribution is -0.138. The van der Waals surface area contributed by atoms with Crippen LogP contribution in [0.3, 0.4) is 0 Å². The Kier molecular flexibility index (Phi) is 3.75. The molecule has 0 spiro atoms. The van der Waals surface area contributed by atoms with Gasteiger partial charge in [-0.05, 0) is 0 Å². The third kappa shape index (κ3) is 3.04. The molecule has 1 unspecified atom stereocenters. The number of amides is 1. The van der Waals surface area contributed by atoms with Gasteiger partial charge in [0.25, 0.3) is 0 Å². The molecule has 1 aromatic heterocycles. The molecule has 0 saturated carbocycles. The maximum atomic E-state index is 11.5. The topological polar surface area (TPSA) is 67.6 Å². The highest BCUT2D eigenvalue weighted by Gasteiger charge is 2.26. The molecule has 1 aromatic rings. The fourth-order valence-corrected chi connectivity index (χ4v) is 1.88. The highest BCUT2D eigenvalue weighted by molar-refractivity contribution is 5.80. The summed E-state index contributed by atoms with van der Waals surface area (Å²) in [5, 5.41) is 2.60. The van der Waals surface area contributed by atoms with Gasteiger partial charge in [-0.2, -0.15) is 0 Å². The average Bonchev–Trinajstić information content (AvgIpc) is 2.74. The van der Waals surface area contributed by atoms with E-state index in [1.807, 2.05) is 6.92 Å². The van der Waals surface area contributed by atoms with E-state index in [2.05, 4.69) is 15.2 Å². The van der Waals surface area contributed by atoms with Crippen LogP contribution in [0.5, 0.6) is 0 Å². The maximum Gasteiger partial charge on any atom is 0.250 e. The van der Waals surface area contributed by atoms with E-state index in [0.717, 1.165) is 12.2 Å². The van der Waals surface area contributed by atoms with Crippen LogP contribution in [0.1, 0.15) is 11.6 Å². The molecule has 1 atom stereocenters. The summed E-state index contributed by atoms with van der Waals surface area (Å²) >= 11 is 0. The van der Waals surface area contributed by atoms with Crippen molar-refractivity contribution in [3.05, 3.63) is 17.8 Å². The number of oxazole rings is 1. The summed E-state index contributed by atoms with van der Waals surface area (Å²) in [6, 6.07) is 0. The second kappa shape index (κ2) is 5.29. The number of rotatable bonds is 3. The van der Waals surface area contributed by atoms with Crippen LogP contribution in [0.4, 0.5) is 0 Å². The Morgan fingerprint density at radius 3 is 3.18 bits per heavy atom. The maximum absolute atomic E-state index is 11.5. The highest BCUT2D eigenvalue weighted by Crippen LogP contribution is 2.10. The lowest BCUT2D eigenvalue weighted by Gasteiger charge is -2.31. The predicted molar refractivity (Wildman–Crippen MR) is 60.3 cm³/mol. The van der Waals surface area contributed by atoms with Crippen LogP contribution in [-0.4, -0.2) is 48.6 Å². The second-order valence-electron chi connectivity index (χ2n) is 4.07. The Morgan fingerprint density at radius 1 is 1.71 bits per heavy atom. The summed E-state index contributed by atoms with van der Waals surface area (Å²) in [5.74, 6) is 0.585. The lowest BCUT2D eigenvalue weighted by atomic mass is 10.2. The molecule has 0 radical (unpaired) electrons. The summed E-state index contributed by atoms with van der Waals surface area (Å²) in [4.78, 5) is 17.9. The van der Waals surface area contributed by atoms with Crippen LogP contribution in [0.15, 0.2) is 10.7 Å². The zero-order valence-electron chi connectivity index (χ0n) is 10.1. The van der Waals surface area contributed by atoms with E-state index in [9.17, 15) is 4.79 Å². The number of hydrogen-bond donors (Lipinski definition) is 1. The SMILES string of the molecule is CNC(=O)C1CN(Cc2coc(C)n2)CCO1. The number of carbonyl (C=O) groups excluding carboxylic acids is 1. The molecule has 1 N–H and O–H groups in total. The summed E-state index contributed by atoms with van der Waals surface area (Å²) < 4.78 is 10.6. The minimum Gasteiger partial charge on any atom is -0.449 e. The van der Waals surface area contributed by atoms with Crippen molar-refractivity contribution >= 4 is 5.91 Å². The first-order chi connectivity index (χ1) is 8.19. The van der Waals surface area contributed by atoms with Gasteiger partial charge < -0.3 is 14.5 Å². The second-order valence-corrected chi connectivity index (χ2v) is 4.07. The number of ether oxygens (including phenoxy) is 1. The smallest absolute Gasteiger partial charge is 0.250 e. The van der Waals surface area contributed by atoms with Crippen molar-refractivity contribution in [2.75, 3.05) is 26.7 Å². The molecule has 0 aromatic carbocycles. The molecule has 2 rings (SSSR count). The summed E-state index contributed by atoms with van der Waals surface area (Å²) in [7, 11) is 1.62. The molecule has 6 nitrogen and oxygen atoms in total. The first-order valence-electron chi connectivity index (χ1n) is 5.65. The number of nitrogens with zero attached hydrogens (tertiary/aromatic N) is 2. The van der Waals surface area contributed by atoms with Gasteiger partial charge in [-0.15, -0.1) is 0 Å². The van der Waals surface area contributed by atoms with Crippen molar-refractivity contribution < 1.29 is 13.9 Å². The van der Waals surface area contributed by atoms with Crippen molar-refractivity contribution in [1.82, 2.24) is 15.2 Å². The van der Waals surface area contributed by atoms with Gasteiger partial charge in [0, 0.05) is 33.6 Å². The van der Waals surface area contributed by atoms with E-state index in [-0.39, 0.29) is 12.0 Å². The average molecular weight is 239 g/mol. The third-order valence-corrected chi connectivity index (χ3v) is 2.74. The van der Waals surface area contributed by atoms with Crippen LogP contribution < -0.4 is 5.32 Å². The molecule has 0 aliphatic carbocycles. The molecule has 1 aliphatic rings. The highest BCUT2D eigenvalue weighted by atomic mass is 16.5. The van der Waals surface area contributed by atoms with Gasteiger partial charge >= 0.3 is 0 Å². The van der Waals surface area contributed by atoms with Gasteiger partial charge in [0.2, 0.25) is 5.91 Å². The summed E-state index contributed by atoms with van der Waals surface area (Å²) in [5.41, 5.74) is 0.889. The number of hydrogen-bond acceptors (Lipinski definition) is 5. The molecule has 1 amide bonds. The van der Waals surface area contributed by atoms with E-state index in [4.69, 9.17) is 9.15 Å². The van der Waals surface area contributed by atoms with Crippen molar-refractivity contribution in [3.63, 3.8) is 0 Å². The summed E-state index contributed by atoms with van der Waals surface area (Å²) in [6.45, 7) is 4.46. The number of aromatic nitrogens is 1. The van der Waals surface area contributed by atoms with Crippen molar-refractivity contribution in [3.8, 4) is 0 Å². The van der Waals surface area contributed by atoms with E-state index in [1.54, 1.807) is 13.3 Å². The third-order valence-electron chi connectivity index (χ3n) is 2.74. The number of morpholine rings is 1. The molecule has 0 bridgehead atoms. The van der Waals surface area contributed by atoms with Gasteiger partial charge in [-0.1, -0.05) is 0 Å². The fourth-order valence-electron chi connectivity index (χ4n) is 1.88. The Bertz CT molecular complexity index is 391. The number of nitrogens with one attached hydrogen (secondary N) is 1. The van der Waals surface area contributed by atoms with Crippen LogP contribution in [0.25, 0.3) is 0 Å². The minimum absolute atomic E-state index is 0.0777. The van der Waals surface area contributed by atoms with Crippen LogP contribution in [0.2, 0.25) is 0 Å². The van der Waals surface area contributed by atoms with E-state index < -0.39 is 0 Å². The van der Waals surface area contributed by atoms with Gasteiger partial charge in [0.1, 0.15) is 12.4 Å². The molecular formula is C11H17N3O3. The molecular weight excluding hydrogens is 222 g/mol. The largest absolute Gasteiger partial charge is 0.449 e. The Hall–Kier alpha value is -1.40. The number of carbonyl (C=O) groups is 1. The fraction of sp³-hybridized carbons (Fsp3) is 0.636. The predicted octanol–water partition coefficient (Wildman–Crippen LogP) is -0.0702. The molecule has 1 saturated heterocycles. The first-order valence-corrected chi connectivity index (χ1v) is 5.65. The Morgan fingerprint density at radius 2 is 2.53 bits per heavy atom. The van der Waals surface area contributed by atoms with Crippen molar-refractivity contribution in [2.45, 2.75) is 19.6 Å². The quantitative estimate of drug-likeness (QED) is 0.799. The number of likely N-dealkylation sites (N-methyl/N-ethyl adjacent to an activating group) is 1. The number of aryl methyl sites for hydroxylation is 1. The van der Waals surface area contributed by atoms with Gasteiger partial charge in [-0.25, -0.2) is 4.98 Å². The normalized spacial score (nSPS) is 21.4. The molecule has 6 heteroatoms. The molecule has 1 aliphatic heterocycles. The van der Waals surface area contributed by atoms with Gasteiger partial charge in [-0.3, -0.25) is 9.69 Å². The van der Waals surface area contributed by atoms with Crippen molar-refractivity contribution in [2.24, 2.45) is 0 Å². The van der Waals surface area contributed by atoms with Gasteiger partial charge in [0.05, 0.1) is 12.3 Å². The van der Waals surface area contributed by atoms with E-state index >= 15 is 0 Å². The van der Waals surface area contributed by atoms with E-state index in [1.165, 1.54) is 0 Å². The molecule has 94 valence electrons. The Labute approximate surface area is 99.9 Å². The van der Waals surface area contributed by atoms with Crippen LogP contribution in [-0.2, 0) is 16.1 Å². The van der Waals surface area contributed by atoms with Crippen molar-refractivity contribution in [1.29, 1.82) is 0 Å².